The highest BCUT2D eigenvalue weighted by Gasteiger charge is 2.28. The van der Waals surface area contributed by atoms with Crippen molar-refractivity contribution in [3.63, 3.8) is 0 Å². The van der Waals surface area contributed by atoms with Crippen LogP contribution in [0.25, 0.3) is 0 Å². The quantitative estimate of drug-likeness (QED) is 0.838. The second-order valence-corrected chi connectivity index (χ2v) is 7.30. The van der Waals surface area contributed by atoms with Gasteiger partial charge in [-0.05, 0) is 56.2 Å². The third-order valence-electron chi connectivity index (χ3n) is 5.08. The second-order valence-electron chi connectivity index (χ2n) is 7.30. The summed E-state index contributed by atoms with van der Waals surface area (Å²) in [6, 6.07) is 7.89. The number of para-hydroxylation sites is 1. The Bertz CT molecular complexity index is 751. The van der Waals surface area contributed by atoms with E-state index in [0.717, 1.165) is 37.3 Å². The summed E-state index contributed by atoms with van der Waals surface area (Å²) in [5.74, 6) is 1.46. The van der Waals surface area contributed by atoms with Gasteiger partial charge in [-0.2, -0.15) is 5.10 Å². The lowest BCUT2D eigenvalue weighted by atomic mass is 10.0. The first-order valence-corrected chi connectivity index (χ1v) is 9.22. The van der Waals surface area contributed by atoms with E-state index in [-0.39, 0.29) is 11.9 Å². The van der Waals surface area contributed by atoms with Crippen LogP contribution in [0.2, 0.25) is 0 Å². The van der Waals surface area contributed by atoms with E-state index in [1.54, 1.807) is 0 Å². The van der Waals surface area contributed by atoms with Gasteiger partial charge >= 0.3 is 0 Å². The predicted molar refractivity (Wildman–Crippen MR) is 95.8 cm³/mol. The number of hydrogen-bond acceptors (Lipinski definition) is 3. The van der Waals surface area contributed by atoms with Crippen LogP contribution in [0.5, 0.6) is 5.75 Å². The third kappa shape index (κ3) is 3.70. The lowest BCUT2D eigenvalue weighted by molar-refractivity contribution is 0.0668. The maximum atomic E-state index is 13.1. The van der Waals surface area contributed by atoms with Crippen molar-refractivity contribution in [2.24, 2.45) is 5.92 Å². The number of ether oxygens (including phenoxy) is 1. The van der Waals surface area contributed by atoms with Crippen LogP contribution in [-0.2, 0) is 0 Å². The minimum atomic E-state index is 0.0694. The number of piperidine rings is 1. The van der Waals surface area contributed by atoms with Gasteiger partial charge < -0.3 is 9.64 Å². The lowest BCUT2D eigenvalue weighted by Gasteiger charge is -2.33. The molecule has 1 unspecified atom stereocenters. The molecular weight excluding hydrogens is 314 g/mol. The molecule has 2 aliphatic rings. The molecule has 1 aromatic carbocycles. The minimum Gasteiger partial charge on any atom is -0.492 e. The van der Waals surface area contributed by atoms with E-state index in [2.05, 4.69) is 11.3 Å². The molecule has 5 nitrogen and oxygen atoms in total. The van der Waals surface area contributed by atoms with Crippen LogP contribution in [0.4, 0.5) is 0 Å². The standard InChI is InChI=1S/C20H25N3O2/c1-15-11-21-23(12-15)17-5-4-10-22(13-17)20(24)18-6-2-3-7-19(18)25-14-16-8-9-16/h2-3,6-7,11-12,16-17H,4-5,8-10,13-14H2,1H3. The van der Waals surface area contributed by atoms with E-state index in [0.29, 0.717) is 18.0 Å². The van der Waals surface area contributed by atoms with Crippen LogP contribution in [0, 0.1) is 12.8 Å². The number of likely N-dealkylation sites (tertiary alicyclic amines) is 1. The molecule has 1 aliphatic carbocycles. The maximum absolute atomic E-state index is 13.1. The van der Waals surface area contributed by atoms with E-state index >= 15 is 0 Å². The van der Waals surface area contributed by atoms with Crippen LogP contribution in [0.1, 0.15) is 47.6 Å². The van der Waals surface area contributed by atoms with Crippen molar-refractivity contribution in [2.45, 2.75) is 38.6 Å². The molecule has 1 saturated heterocycles. The molecule has 1 atom stereocenters. The summed E-state index contributed by atoms with van der Waals surface area (Å²) in [7, 11) is 0. The molecule has 0 spiro atoms. The molecular formula is C20H25N3O2. The molecule has 5 heteroatoms. The summed E-state index contributed by atoms with van der Waals surface area (Å²) in [5.41, 5.74) is 1.84. The highest BCUT2D eigenvalue weighted by molar-refractivity contribution is 5.97. The Balaban J connectivity index is 1.48. The second kappa shape index (κ2) is 6.90. The van der Waals surface area contributed by atoms with E-state index < -0.39 is 0 Å². The molecule has 1 aromatic heterocycles. The summed E-state index contributed by atoms with van der Waals surface area (Å²) in [6.07, 6.45) is 8.48. The van der Waals surface area contributed by atoms with Crippen LogP contribution in [0.15, 0.2) is 36.7 Å². The van der Waals surface area contributed by atoms with Gasteiger partial charge in [0.05, 0.1) is 24.4 Å². The number of amides is 1. The summed E-state index contributed by atoms with van der Waals surface area (Å²) in [6.45, 7) is 4.27. The van der Waals surface area contributed by atoms with E-state index in [1.165, 1.54) is 12.8 Å². The van der Waals surface area contributed by atoms with Crippen LogP contribution < -0.4 is 4.74 Å². The van der Waals surface area contributed by atoms with Gasteiger partial charge in [-0.3, -0.25) is 9.48 Å². The fourth-order valence-corrected chi connectivity index (χ4v) is 3.42. The Labute approximate surface area is 148 Å². The third-order valence-corrected chi connectivity index (χ3v) is 5.08. The van der Waals surface area contributed by atoms with Gasteiger partial charge in [0.25, 0.3) is 5.91 Å². The zero-order chi connectivity index (χ0) is 17.2. The van der Waals surface area contributed by atoms with Gasteiger partial charge in [0.2, 0.25) is 0 Å². The molecule has 25 heavy (non-hydrogen) atoms. The summed E-state index contributed by atoms with van der Waals surface area (Å²) >= 11 is 0. The number of hydrogen-bond donors (Lipinski definition) is 0. The molecule has 0 N–H and O–H groups in total. The van der Waals surface area contributed by atoms with Crippen molar-refractivity contribution >= 4 is 5.91 Å². The van der Waals surface area contributed by atoms with Crippen molar-refractivity contribution in [2.75, 3.05) is 19.7 Å². The van der Waals surface area contributed by atoms with Gasteiger partial charge in [-0.25, -0.2) is 0 Å². The Morgan fingerprint density at radius 3 is 2.88 bits per heavy atom. The maximum Gasteiger partial charge on any atom is 0.257 e. The van der Waals surface area contributed by atoms with Gasteiger partial charge in [-0.15, -0.1) is 0 Å². The van der Waals surface area contributed by atoms with Crippen molar-refractivity contribution in [3.05, 3.63) is 47.8 Å². The molecule has 1 saturated carbocycles. The highest BCUT2D eigenvalue weighted by Crippen LogP contribution is 2.31. The number of rotatable bonds is 5. The first-order chi connectivity index (χ1) is 12.2. The van der Waals surface area contributed by atoms with Crippen LogP contribution in [-0.4, -0.2) is 40.3 Å². The zero-order valence-electron chi connectivity index (χ0n) is 14.7. The smallest absolute Gasteiger partial charge is 0.257 e. The van der Waals surface area contributed by atoms with Gasteiger partial charge in [0, 0.05) is 19.3 Å². The van der Waals surface area contributed by atoms with Gasteiger partial charge in [0.15, 0.2) is 0 Å². The monoisotopic (exact) mass is 339 g/mol. The fourth-order valence-electron chi connectivity index (χ4n) is 3.42. The Hall–Kier alpha value is -2.30. The number of carbonyl (C=O) groups is 1. The van der Waals surface area contributed by atoms with Gasteiger partial charge in [0.1, 0.15) is 5.75 Å². The van der Waals surface area contributed by atoms with Crippen LogP contribution in [0.3, 0.4) is 0 Å². The zero-order valence-corrected chi connectivity index (χ0v) is 14.7. The SMILES string of the molecule is Cc1cnn(C2CCCN(C(=O)c3ccccc3OCC3CC3)C2)c1. The molecule has 1 amide bonds. The summed E-state index contributed by atoms with van der Waals surface area (Å²) < 4.78 is 7.93. The minimum absolute atomic E-state index is 0.0694. The Morgan fingerprint density at radius 1 is 1.28 bits per heavy atom. The molecule has 0 radical (unpaired) electrons. The predicted octanol–water partition coefficient (Wildman–Crippen LogP) is 3.46. The molecule has 4 rings (SSSR count). The first-order valence-electron chi connectivity index (χ1n) is 9.22. The van der Waals surface area contributed by atoms with Crippen molar-refractivity contribution in [3.8, 4) is 5.75 Å². The molecule has 1 aliphatic heterocycles. The average molecular weight is 339 g/mol. The topological polar surface area (TPSA) is 47.4 Å². The number of aryl methyl sites for hydroxylation is 1. The number of carbonyl (C=O) groups excluding carboxylic acids is 1. The summed E-state index contributed by atoms with van der Waals surface area (Å²) in [5, 5.41) is 4.43. The Morgan fingerprint density at radius 2 is 2.12 bits per heavy atom. The van der Waals surface area contributed by atoms with Crippen molar-refractivity contribution in [1.29, 1.82) is 0 Å². The largest absolute Gasteiger partial charge is 0.492 e. The van der Waals surface area contributed by atoms with E-state index in [4.69, 9.17) is 4.74 Å². The van der Waals surface area contributed by atoms with Crippen molar-refractivity contribution in [1.82, 2.24) is 14.7 Å². The fraction of sp³-hybridized carbons (Fsp3) is 0.500. The van der Waals surface area contributed by atoms with Crippen molar-refractivity contribution < 1.29 is 9.53 Å². The van der Waals surface area contributed by atoms with Crippen LogP contribution >= 0.6 is 0 Å². The number of aromatic nitrogens is 2. The molecule has 132 valence electrons. The number of nitrogens with zero attached hydrogens (tertiary/aromatic N) is 3. The molecule has 2 heterocycles. The molecule has 2 fully saturated rings. The first kappa shape index (κ1) is 16.2. The molecule has 2 aromatic rings. The van der Waals surface area contributed by atoms with Gasteiger partial charge in [-0.1, -0.05) is 12.1 Å². The van der Waals surface area contributed by atoms with E-state index in [1.807, 2.05) is 47.0 Å². The molecule has 0 bridgehead atoms. The lowest BCUT2D eigenvalue weighted by Crippen LogP contribution is -2.41. The Kier molecular flexibility index (Phi) is 4.47. The normalized spacial score (nSPS) is 20.5. The number of benzene rings is 1. The highest BCUT2D eigenvalue weighted by atomic mass is 16.5. The average Bonchev–Trinajstić information content (AvgIpc) is 3.38. The summed E-state index contributed by atoms with van der Waals surface area (Å²) in [4.78, 5) is 15.0. The van der Waals surface area contributed by atoms with E-state index in [9.17, 15) is 4.79 Å².